The van der Waals surface area contributed by atoms with Crippen LogP contribution in [-0.2, 0) is 17.4 Å². The normalized spacial score (nSPS) is 17.8. The van der Waals surface area contributed by atoms with Crippen molar-refractivity contribution in [2.45, 2.75) is 44.7 Å². The number of rotatable bonds is 4. The Hall–Kier alpha value is -2.94. The van der Waals surface area contributed by atoms with Gasteiger partial charge in [-0.2, -0.15) is 13.2 Å². The van der Waals surface area contributed by atoms with Crippen LogP contribution in [0.2, 0.25) is 0 Å². The molecule has 4 rings (SSSR count). The van der Waals surface area contributed by atoms with E-state index in [1.165, 1.54) is 10.5 Å². The van der Waals surface area contributed by atoms with E-state index in [1.54, 1.807) is 0 Å². The number of primary amides is 1. The standard InChI is InChI=1S/C16H14F3N3.C7H14N2O/c1-11(9-12-5-3-2-4-6-12)15-21-20-14-8-7-13(10-22(14)15)16(17,18)19;8-7(10)6-2-1-4-9-5-3-6/h2-8,10-11H,9H2,1H3;6,9H,1-5H2,(H2,8,10)/t11-;/m1./s1. The van der Waals surface area contributed by atoms with Crippen molar-refractivity contribution in [3.05, 3.63) is 65.6 Å². The number of carbonyl (C=O) groups excluding carboxylic acids is 1. The zero-order valence-electron chi connectivity index (χ0n) is 18.0. The number of amides is 1. The molecule has 1 aliphatic rings. The highest BCUT2D eigenvalue weighted by Gasteiger charge is 2.31. The van der Waals surface area contributed by atoms with Gasteiger partial charge in [-0.3, -0.25) is 9.20 Å². The maximum atomic E-state index is 12.8. The highest BCUT2D eigenvalue weighted by Crippen LogP contribution is 2.30. The number of fused-ring (bicyclic) bond motifs is 1. The number of nitrogens with one attached hydrogen (secondary N) is 1. The molecule has 172 valence electrons. The number of carbonyl (C=O) groups is 1. The quantitative estimate of drug-likeness (QED) is 0.634. The third-order valence-corrected chi connectivity index (χ3v) is 5.56. The lowest BCUT2D eigenvalue weighted by Gasteiger charge is -2.11. The Bertz CT molecular complexity index is 1010. The molecular weight excluding hydrogens is 419 g/mol. The van der Waals surface area contributed by atoms with Crippen molar-refractivity contribution in [2.75, 3.05) is 13.1 Å². The molecule has 3 heterocycles. The van der Waals surface area contributed by atoms with Gasteiger partial charge in [0.25, 0.3) is 0 Å². The van der Waals surface area contributed by atoms with Gasteiger partial charge in [-0.25, -0.2) is 0 Å². The summed E-state index contributed by atoms with van der Waals surface area (Å²) < 4.78 is 40.0. The fourth-order valence-corrected chi connectivity index (χ4v) is 3.77. The average molecular weight is 448 g/mol. The highest BCUT2D eigenvalue weighted by molar-refractivity contribution is 5.76. The average Bonchev–Trinajstić information content (AvgIpc) is 2.98. The van der Waals surface area contributed by atoms with Gasteiger partial charge in [-0.1, -0.05) is 37.3 Å². The molecule has 6 nitrogen and oxygen atoms in total. The van der Waals surface area contributed by atoms with E-state index >= 15 is 0 Å². The first kappa shape index (κ1) is 23.7. The number of hydrogen-bond acceptors (Lipinski definition) is 4. The molecule has 2 aromatic heterocycles. The SMILES string of the molecule is C[C@H](Cc1ccccc1)c1nnc2ccc(C(F)(F)F)cn12.NC(=O)C1CCCNCC1. The van der Waals surface area contributed by atoms with E-state index in [1.807, 2.05) is 37.3 Å². The van der Waals surface area contributed by atoms with E-state index in [-0.39, 0.29) is 17.7 Å². The summed E-state index contributed by atoms with van der Waals surface area (Å²) in [6, 6.07) is 12.1. The summed E-state index contributed by atoms with van der Waals surface area (Å²) in [6.07, 6.45) is 0.327. The van der Waals surface area contributed by atoms with Gasteiger partial charge < -0.3 is 11.1 Å². The Balaban J connectivity index is 0.000000243. The topological polar surface area (TPSA) is 85.3 Å². The van der Waals surface area contributed by atoms with Crippen LogP contribution < -0.4 is 11.1 Å². The second kappa shape index (κ2) is 10.6. The molecule has 0 radical (unpaired) electrons. The van der Waals surface area contributed by atoms with Gasteiger partial charge in [0, 0.05) is 18.0 Å². The van der Waals surface area contributed by atoms with Crippen molar-refractivity contribution in [3.8, 4) is 0 Å². The number of hydrogen-bond donors (Lipinski definition) is 2. The Labute approximate surface area is 185 Å². The summed E-state index contributed by atoms with van der Waals surface area (Å²) in [4.78, 5) is 10.7. The van der Waals surface area contributed by atoms with Crippen molar-refractivity contribution in [3.63, 3.8) is 0 Å². The van der Waals surface area contributed by atoms with Crippen LogP contribution in [0, 0.1) is 5.92 Å². The molecule has 0 spiro atoms. The predicted molar refractivity (Wildman–Crippen MR) is 116 cm³/mol. The number of nitrogens with zero attached hydrogens (tertiary/aromatic N) is 3. The zero-order valence-corrected chi connectivity index (χ0v) is 18.0. The van der Waals surface area contributed by atoms with Crippen molar-refractivity contribution in [1.29, 1.82) is 0 Å². The van der Waals surface area contributed by atoms with Crippen molar-refractivity contribution in [1.82, 2.24) is 19.9 Å². The molecule has 2 atom stereocenters. The second-order valence-corrected chi connectivity index (χ2v) is 8.07. The molecule has 0 aliphatic carbocycles. The lowest BCUT2D eigenvalue weighted by Crippen LogP contribution is -2.24. The van der Waals surface area contributed by atoms with Gasteiger partial charge in [0.15, 0.2) is 5.65 Å². The van der Waals surface area contributed by atoms with Crippen LogP contribution in [0.3, 0.4) is 0 Å². The van der Waals surface area contributed by atoms with Crippen LogP contribution in [0.15, 0.2) is 48.7 Å². The lowest BCUT2D eigenvalue weighted by molar-refractivity contribution is -0.137. The molecule has 1 aromatic carbocycles. The van der Waals surface area contributed by atoms with Gasteiger partial charge in [0.2, 0.25) is 5.91 Å². The molecular formula is C23H28F3N5O. The summed E-state index contributed by atoms with van der Waals surface area (Å²) in [5, 5.41) is 11.2. The molecule has 3 aromatic rings. The van der Waals surface area contributed by atoms with E-state index in [0.29, 0.717) is 17.9 Å². The van der Waals surface area contributed by atoms with E-state index in [0.717, 1.165) is 50.2 Å². The molecule has 3 N–H and O–H groups in total. The maximum Gasteiger partial charge on any atom is 0.417 e. The summed E-state index contributed by atoms with van der Waals surface area (Å²) in [6.45, 7) is 3.90. The van der Waals surface area contributed by atoms with E-state index in [2.05, 4.69) is 15.5 Å². The van der Waals surface area contributed by atoms with Gasteiger partial charge >= 0.3 is 6.18 Å². The number of pyridine rings is 1. The van der Waals surface area contributed by atoms with Crippen LogP contribution in [0.25, 0.3) is 5.65 Å². The minimum Gasteiger partial charge on any atom is -0.369 e. The van der Waals surface area contributed by atoms with Crippen LogP contribution in [0.4, 0.5) is 13.2 Å². The van der Waals surface area contributed by atoms with Crippen molar-refractivity contribution < 1.29 is 18.0 Å². The molecule has 32 heavy (non-hydrogen) atoms. The third-order valence-electron chi connectivity index (χ3n) is 5.56. The Morgan fingerprint density at radius 3 is 2.59 bits per heavy atom. The predicted octanol–water partition coefficient (Wildman–Crippen LogP) is 3.96. The van der Waals surface area contributed by atoms with Crippen LogP contribution in [0.5, 0.6) is 0 Å². The minimum absolute atomic E-state index is 0.0408. The monoisotopic (exact) mass is 447 g/mol. The van der Waals surface area contributed by atoms with E-state index < -0.39 is 11.7 Å². The van der Waals surface area contributed by atoms with E-state index in [9.17, 15) is 18.0 Å². The molecule has 1 amide bonds. The molecule has 1 unspecified atom stereocenters. The zero-order chi connectivity index (χ0) is 23.1. The number of benzene rings is 1. The third kappa shape index (κ3) is 6.29. The fourth-order valence-electron chi connectivity index (χ4n) is 3.77. The maximum absolute atomic E-state index is 12.8. The summed E-state index contributed by atoms with van der Waals surface area (Å²) in [5.41, 5.74) is 6.00. The van der Waals surface area contributed by atoms with Crippen molar-refractivity contribution in [2.24, 2.45) is 11.7 Å². The number of nitrogens with two attached hydrogens (primary N) is 1. The molecule has 9 heteroatoms. The Morgan fingerprint density at radius 2 is 1.91 bits per heavy atom. The first-order valence-corrected chi connectivity index (χ1v) is 10.7. The van der Waals surface area contributed by atoms with Crippen molar-refractivity contribution >= 4 is 11.6 Å². The lowest BCUT2D eigenvalue weighted by atomic mass is 10.0. The molecule has 1 fully saturated rings. The van der Waals surface area contributed by atoms with Gasteiger partial charge in [-0.05, 0) is 56.5 Å². The Morgan fingerprint density at radius 1 is 1.16 bits per heavy atom. The molecule has 1 saturated heterocycles. The smallest absolute Gasteiger partial charge is 0.369 e. The van der Waals surface area contributed by atoms with E-state index in [4.69, 9.17) is 5.73 Å². The summed E-state index contributed by atoms with van der Waals surface area (Å²) >= 11 is 0. The van der Waals surface area contributed by atoms with Crippen LogP contribution >= 0.6 is 0 Å². The second-order valence-electron chi connectivity index (χ2n) is 8.07. The Kier molecular flexibility index (Phi) is 7.84. The fraction of sp³-hybridized carbons (Fsp3) is 0.435. The molecule has 1 aliphatic heterocycles. The number of alkyl halides is 3. The summed E-state index contributed by atoms with van der Waals surface area (Å²) in [5.74, 6) is 0.476. The first-order valence-electron chi connectivity index (χ1n) is 10.7. The summed E-state index contributed by atoms with van der Waals surface area (Å²) in [7, 11) is 0. The number of halogens is 3. The van der Waals surface area contributed by atoms with Gasteiger partial charge in [0.05, 0.1) is 5.56 Å². The van der Waals surface area contributed by atoms with Crippen LogP contribution in [-0.4, -0.2) is 33.6 Å². The minimum atomic E-state index is -4.38. The number of aromatic nitrogens is 3. The van der Waals surface area contributed by atoms with Gasteiger partial charge in [0.1, 0.15) is 5.82 Å². The largest absolute Gasteiger partial charge is 0.417 e. The van der Waals surface area contributed by atoms with Crippen LogP contribution in [0.1, 0.15) is 49.1 Å². The molecule has 0 bridgehead atoms. The molecule has 0 saturated carbocycles. The highest BCUT2D eigenvalue weighted by atomic mass is 19.4. The first-order chi connectivity index (χ1) is 15.3. The van der Waals surface area contributed by atoms with Gasteiger partial charge in [-0.15, -0.1) is 10.2 Å².